The first-order valence-electron chi connectivity index (χ1n) is 7.54. The van der Waals surface area contributed by atoms with Crippen LogP contribution in [0.15, 0.2) is 48.5 Å². The maximum atomic E-state index is 12.5. The Morgan fingerprint density at radius 1 is 1.21 bits per heavy atom. The van der Waals surface area contributed by atoms with Gasteiger partial charge in [-0.1, -0.05) is 23.7 Å². The number of anilines is 1. The van der Waals surface area contributed by atoms with Crippen LogP contribution in [-0.2, 0) is 6.61 Å². The van der Waals surface area contributed by atoms with E-state index in [-0.39, 0.29) is 5.91 Å². The van der Waals surface area contributed by atoms with Gasteiger partial charge >= 0.3 is 0 Å². The topological polar surface area (TPSA) is 38.3 Å². The summed E-state index contributed by atoms with van der Waals surface area (Å²) in [6, 6.07) is 15.0. The van der Waals surface area contributed by atoms with Crippen LogP contribution in [0.1, 0.15) is 20.8 Å². The van der Waals surface area contributed by atoms with Crippen LogP contribution in [0.5, 0.6) is 5.75 Å². The van der Waals surface area contributed by atoms with E-state index in [0.717, 1.165) is 33.0 Å². The number of thiophene rings is 1. The van der Waals surface area contributed by atoms with Crippen molar-refractivity contribution in [3.63, 3.8) is 0 Å². The normalized spacial score (nSPS) is 12.1. The molecule has 2 heterocycles. The lowest BCUT2D eigenvalue weighted by molar-refractivity contribution is 0.103. The zero-order valence-corrected chi connectivity index (χ0v) is 14.5. The van der Waals surface area contributed by atoms with Gasteiger partial charge in [-0.15, -0.1) is 11.3 Å². The number of nitrogens with one attached hydrogen (secondary N) is 1. The molecule has 0 saturated carbocycles. The van der Waals surface area contributed by atoms with Crippen LogP contribution in [0.4, 0.5) is 5.69 Å². The van der Waals surface area contributed by atoms with E-state index in [0.29, 0.717) is 16.5 Å². The molecule has 0 fully saturated rings. The summed E-state index contributed by atoms with van der Waals surface area (Å²) in [5.74, 6) is 0.765. The minimum atomic E-state index is -0.119. The number of rotatable bonds is 2. The summed E-state index contributed by atoms with van der Waals surface area (Å²) in [5.41, 5.74) is 4.03. The van der Waals surface area contributed by atoms with Crippen molar-refractivity contribution in [2.24, 2.45) is 0 Å². The number of carbonyl (C=O) groups is 1. The Kier molecular flexibility index (Phi) is 3.79. The zero-order chi connectivity index (χ0) is 16.7. The van der Waals surface area contributed by atoms with Gasteiger partial charge in [-0.25, -0.2) is 0 Å². The third kappa shape index (κ3) is 2.68. The molecule has 3 aromatic rings. The van der Waals surface area contributed by atoms with Gasteiger partial charge in [-0.05, 0) is 48.9 Å². The molecule has 1 aliphatic heterocycles. The van der Waals surface area contributed by atoms with Crippen molar-refractivity contribution < 1.29 is 9.53 Å². The molecule has 1 aromatic heterocycles. The molecule has 120 valence electrons. The zero-order valence-electron chi connectivity index (χ0n) is 12.9. The van der Waals surface area contributed by atoms with Crippen LogP contribution >= 0.6 is 22.9 Å². The van der Waals surface area contributed by atoms with Crippen LogP contribution in [0.25, 0.3) is 10.4 Å². The second kappa shape index (κ2) is 5.96. The van der Waals surface area contributed by atoms with Crippen molar-refractivity contribution in [3.8, 4) is 16.2 Å². The van der Waals surface area contributed by atoms with Crippen molar-refractivity contribution >= 4 is 34.5 Å². The molecule has 0 aliphatic carbocycles. The molecule has 1 N–H and O–H groups in total. The maximum Gasteiger partial charge on any atom is 0.265 e. The lowest BCUT2D eigenvalue weighted by Gasteiger charge is -2.19. The lowest BCUT2D eigenvalue weighted by atomic mass is 10.0. The Bertz CT molecular complexity index is 931. The minimum Gasteiger partial charge on any atom is -0.488 e. The van der Waals surface area contributed by atoms with Gasteiger partial charge in [0.15, 0.2) is 0 Å². The van der Waals surface area contributed by atoms with Crippen molar-refractivity contribution in [3.05, 3.63) is 69.6 Å². The number of amides is 1. The molecule has 5 heteroatoms. The third-order valence-electron chi connectivity index (χ3n) is 3.98. The molecule has 2 aromatic carbocycles. The smallest absolute Gasteiger partial charge is 0.265 e. The summed E-state index contributed by atoms with van der Waals surface area (Å²) in [6.07, 6.45) is 0. The van der Waals surface area contributed by atoms with Crippen LogP contribution in [0.3, 0.4) is 0 Å². The summed E-state index contributed by atoms with van der Waals surface area (Å²) in [4.78, 5) is 14.3. The SMILES string of the molecule is Cc1cccc2c1-c1sc(C(=O)Nc3ccc(Cl)cc3)cc1CO2. The monoisotopic (exact) mass is 355 g/mol. The molecule has 1 aliphatic rings. The first-order valence-corrected chi connectivity index (χ1v) is 8.73. The van der Waals surface area contributed by atoms with Gasteiger partial charge in [0.2, 0.25) is 0 Å². The van der Waals surface area contributed by atoms with E-state index in [1.807, 2.05) is 18.2 Å². The van der Waals surface area contributed by atoms with Crippen LogP contribution in [-0.4, -0.2) is 5.91 Å². The van der Waals surface area contributed by atoms with Crippen LogP contribution in [0, 0.1) is 6.92 Å². The van der Waals surface area contributed by atoms with Gasteiger partial charge in [0.05, 0.1) is 4.88 Å². The van der Waals surface area contributed by atoms with Gasteiger partial charge in [0, 0.05) is 26.7 Å². The van der Waals surface area contributed by atoms with Gasteiger partial charge in [-0.2, -0.15) is 0 Å². The predicted molar refractivity (Wildman–Crippen MR) is 98.2 cm³/mol. The fourth-order valence-corrected chi connectivity index (χ4v) is 4.10. The Labute approximate surface area is 148 Å². The van der Waals surface area contributed by atoms with E-state index in [9.17, 15) is 4.79 Å². The molecule has 24 heavy (non-hydrogen) atoms. The summed E-state index contributed by atoms with van der Waals surface area (Å²) >= 11 is 7.38. The minimum absolute atomic E-state index is 0.119. The number of benzene rings is 2. The average Bonchev–Trinajstić information content (AvgIpc) is 3.01. The van der Waals surface area contributed by atoms with E-state index < -0.39 is 0 Å². The van der Waals surface area contributed by atoms with Gasteiger partial charge in [-0.3, -0.25) is 4.79 Å². The molecule has 0 atom stereocenters. The number of hydrogen-bond acceptors (Lipinski definition) is 3. The van der Waals surface area contributed by atoms with Gasteiger partial charge in [0.25, 0.3) is 5.91 Å². The number of carbonyl (C=O) groups excluding carboxylic acids is 1. The Morgan fingerprint density at radius 2 is 2.00 bits per heavy atom. The second-order valence-electron chi connectivity index (χ2n) is 5.66. The van der Waals surface area contributed by atoms with Crippen molar-refractivity contribution in [2.45, 2.75) is 13.5 Å². The van der Waals surface area contributed by atoms with Gasteiger partial charge in [0.1, 0.15) is 12.4 Å². The average molecular weight is 356 g/mol. The molecule has 4 rings (SSSR count). The van der Waals surface area contributed by atoms with E-state index in [1.54, 1.807) is 24.3 Å². The maximum absolute atomic E-state index is 12.5. The Balaban J connectivity index is 1.66. The summed E-state index contributed by atoms with van der Waals surface area (Å²) < 4.78 is 5.82. The summed E-state index contributed by atoms with van der Waals surface area (Å²) in [5, 5.41) is 3.55. The van der Waals surface area contributed by atoms with Gasteiger partial charge < -0.3 is 10.1 Å². The highest BCUT2D eigenvalue weighted by Gasteiger charge is 2.24. The molecule has 3 nitrogen and oxygen atoms in total. The standard InChI is InChI=1S/C19H14ClNO2S/c1-11-3-2-4-15-17(11)18-12(10-23-15)9-16(24-18)19(22)21-14-7-5-13(20)6-8-14/h2-9H,10H2,1H3,(H,21,22). The molecule has 0 saturated heterocycles. The molecule has 0 spiro atoms. The van der Waals surface area contributed by atoms with E-state index in [1.165, 1.54) is 11.3 Å². The first-order chi connectivity index (χ1) is 11.6. The molecule has 1 amide bonds. The van der Waals surface area contributed by atoms with Crippen LogP contribution in [0.2, 0.25) is 5.02 Å². The lowest BCUT2D eigenvalue weighted by Crippen LogP contribution is -2.09. The van der Waals surface area contributed by atoms with E-state index >= 15 is 0 Å². The molecular weight excluding hydrogens is 342 g/mol. The van der Waals surface area contributed by atoms with Crippen molar-refractivity contribution in [1.82, 2.24) is 0 Å². The Morgan fingerprint density at radius 3 is 2.79 bits per heavy atom. The largest absolute Gasteiger partial charge is 0.488 e. The molecule has 0 bridgehead atoms. The van der Waals surface area contributed by atoms with E-state index in [2.05, 4.69) is 18.3 Å². The number of ether oxygens (including phenoxy) is 1. The highest BCUT2D eigenvalue weighted by Crippen LogP contribution is 2.44. The molecule has 0 radical (unpaired) electrons. The third-order valence-corrected chi connectivity index (χ3v) is 5.43. The first kappa shape index (κ1) is 15.2. The molecule has 0 unspecified atom stereocenters. The van der Waals surface area contributed by atoms with Crippen LogP contribution < -0.4 is 10.1 Å². The van der Waals surface area contributed by atoms with Crippen molar-refractivity contribution in [2.75, 3.05) is 5.32 Å². The second-order valence-corrected chi connectivity index (χ2v) is 7.15. The van der Waals surface area contributed by atoms with Crippen molar-refractivity contribution in [1.29, 1.82) is 0 Å². The fraction of sp³-hybridized carbons (Fsp3) is 0.105. The highest BCUT2D eigenvalue weighted by atomic mass is 35.5. The number of halogens is 1. The molecular formula is C19H14ClNO2S. The number of hydrogen-bond donors (Lipinski definition) is 1. The Hall–Kier alpha value is -2.30. The summed E-state index contributed by atoms with van der Waals surface area (Å²) in [7, 11) is 0. The predicted octanol–water partition coefficient (Wildman–Crippen LogP) is 5.52. The highest BCUT2D eigenvalue weighted by molar-refractivity contribution is 7.17. The van der Waals surface area contributed by atoms with E-state index in [4.69, 9.17) is 16.3 Å². The quantitative estimate of drug-likeness (QED) is 0.657. The summed E-state index contributed by atoms with van der Waals surface area (Å²) in [6.45, 7) is 2.56. The number of aryl methyl sites for hydroxylation is 1. The number of fused-ring (bicyclic) bond motifs is 3. The fourth-order valence-electron chi connectivity index (χ4n) is 2.79.